The van der Waals surface area contributed by atoms with Gasteiger partial charge in [0.1, 0.15) is 17.8 Å². The third-order valence-electron chi connectivity index (χ3n) is 5.33. The van der Waals surface area contributed by atoms with Crippen LogP contribution in [-0.2, 0) is 16.1 Å². The number of thiazole rings is 1. The van der Waals surface area contributed by atoms with Gasteiger partial charge < -0.3 is 9.47 Å². The Morgan fingerprint density at radius 3 is 2.77 bits per heavy atom. The van der Waals surface area contributed by atoms with Crippen molar-refractivity contribution in [1.82, 2.24) is 19.7 Å². The zero-order chi connectivity index (χ0) is 22.0. The number of rotatable bonds is 7. The highest BCUT2D eigenvalue weighted by Crippen LogP contribution is 2.38. The summed E-state index contributed by atoms with van der Waals surface area (Å²) in [6, 6.07) is 5.55. The SMILES string of the molecule is COc1ccc(Cl)c2sc(N(CCN3CCOCC3)C(=O)Cn3nc(C)cc3C)nc12. The molecule has 2 aromatic heterocycles. The normalized spacial score (nSPS) is 14.8. The van der Waals surface area contributed by atoms with Gasteiger partial charge in [0.2, 0.25) is 0 Å². The summed E-state index contributed by atoms with van der Waals surface area (Å²) >= 11 is 7.82. The lowest BCUT2D eigenvalue weighted by Crippen LogP contribution is -2.44. The fourth-order valence-electron chi connectivity index (χ4n) is 3.66. The largest absolute Gasteiger partial charge is 0.494 e. The average Bonchev–Trinajstić information content (AvgIpc) is 3.33. The number of ether oxygens (including phenoxy) is 2. The minimum Gasteiger partial charge on any atom is -0.494 e. The van der Waals surface area contributed by atoms with Crippen molar-refractivity contribution in [2.75, 3.05) is 51.4 Å². The zero-order valence-corrected chi connectivity index (χ0v) is 19.5. The van der Waals surface area contributed by atoms with Crippen molar-refractivity contribution in [3.8, 4) is 5.75 Å². The maximum absolute atomic E-state index is 13.4. The molecule has 0 N–H and O–H groups in total. The smallest absolute Gasteiger partial charge is 0.250 e. The lowest BCUT2D eigenvalue weighted by atomic mass is 10.3. The number of nitrogens with zero attached hydrogens (tertiary/aromatic N) is 5. The number of hydrogen-bond donors (Lipinski definition) is 0. The fraction of sp³-hybridized carbons (Fsp3) is 0.476. The van der Waals surface area contributed by atoms with Crippen molar-refractivity contribution in [3.63, 3.8) is 0 Å². The molecule has 0 atom stereocenters. The van der Waals surface area contributed by atoms with E-state index in [1.165, 1.54) is 11.3 Å². The van der Waals surface area contributed by atoms with Crippen LogP contribution in [0.5, 0.6) is 5.75 Å². The molecule has 3 heterocycles. The second-order valence-electron chi connectivity index (χ2n) is 7.51. The number of amides is 1. The molecule has 1 saturated heterocycles. The second kappa shape index (κ2) is 9.52. The molecule has 1 aliphatic rings. The van der Waals surface area contributed by atoms with E-state index in [1.54, 1.807) is 28.8 Å². The van der Waals surface area contributed by atoms with E-state index < -0.39 is 0 Å². The Morgan fingerprint density at radius 1 is 1.32 bits per heavy atom. The first-order chi connectivity index (χ1) is 15.0. The standard InChI is InChI=1S/C21H26ClN5O3S/c1-14-12-15(2)27(24-14)13-18(28)26(7-6-25-8-10-30-11-9-25)21-23-19-17(29-3)5-4-16(22)20(19)31-21/h4-5,12H,6-11,13H2,1-3H3. The highest BCUT2D eigenvalue weighted by Gasteiger charge is 2.24. The third-order valence-corrected chi connectivity index (χ3v) is 6.87. The van der Waals surface area contributed by atoms with Crippen LogP contribution in [0.1, 0.15) is 11.4 Å². The Bertz CT molecular complexity index is 1080. The van der Waals surface area contributed by atoms with Crippen molar-refractivity contribution in [3.05, 3.63) is 34.6 Å². The molecule has 1 aromatic carbocycles. The van der Waals surface area contributed by atoms with Crippen LogP contribution < -0.4 is 9.64 Å². The number of aromatic nitrogens is 3. The van der Waals surface area contributed by atoms with Gasteiger partial charge in [-0.2, -0.15) is 5.10 Å². The van der Waals surface area contributed by atoms with Crippen LogP contribution in [0.15, 0.2) is 18.2 Å². The number of fused-ring (bicyclic) bond motifs is 1. The maximum atomic E-state index is 13.4. The Morgan fingerprint density at radius 2 is 2.10 bits per heavy atom. The van der Waals surface area contributed by atoms with E-state index in [9.17, 15) is 4.79 Å². The summed E-state index contributed by atoms with van der Waals surface area (Å²) in [6.07, 6.45) is 0. The Kier molecular flexibility index (Phi) is 6.76. The van der Waals surface area contributed by atoms with Gasteiger partial charge in [0.05, 0.1) is 35.7 Å². The summed E-state index contributed by atoms with van der Waals surface area (Å²) in [6.45, 7) is 8.45. The van der Waals surface area contributed by atoms with Crippen LogP contribution in [0, 0.1) is 13.8 Å². The predicted octanol–water partition coefficient (Wildman–Crippen LogP) is 3.14. The third kappa shape index (κ3) is 4.85. The number of morpholine rings is 1. The van der Waals surface area contributed by atoms with Gasteiger partial charge in [-0.25, -0.2) is 4.98 Å². The van der Waals surface area contributed by atoms with E-state index in [-0.39, 0.29) is 12.5 Å². The van der Waals surface area contributed by atoms with E-state index in [0.717, 1.165) is 35.7 Å². The van der Waals surface area contributed by atoms with Crippen LogP contribution in [0.3, 0.4) is 0 Å². The number of carbonyl (C=O) groups excluding carboxylic acids is 1. The minimum atomic E-state index is -0.0615. The van der Waals surface area contributed by atoms with E-state index in [4.69, 9.17) is 26.1 Å². The number of hydrogen-bond acceptors (Lipinski definition) is 7. The molecule has 0 bridgehead atoms. The summed E-state index contributed by atoms with van der Waals surface area (Å²) < 4.78 is 13.4. The molecule has 31 heavy (non-hydrogen) atoms. The number of benzene rings is 1. The van der Waals surface area contributed by atoms with E-state index >= 15 is 0 Å². The Balaban J connectivity index is 1.64. The summed E-state index contributed by atoms with van der Waals surface area (Å²) in [5, 5.41) is 5.65. The molecule has 0 unspecified atom stereocenters. The topological polar surface area (TPSA) is 72.7 Å². The highest BCUT2D eigenvalue weighted by atomic mass is 35.5. The van der Waals surface area contributed by atoms with E-state index in [1.807, 2.05) is 19.9 Å². The monoisotopic (exact) mass is 463 g/mol. The molecule has 1 amide bonds. The van der Waals surface area contributed by atoms with Crippen LogP contribution >= 0.6 is 22.9 Å². The number of halogens is 1. The molecule has 166 valence electrons. The van der Waals surface area contributed by atoms with Crippen molar-refractivity contribution in [2.45, 2.75) is 20.4 Å². The highest BCUT2D eigenvalue weighted by molar-refractivity contribution is 7.23. The minimum absolute atomic E-state index is 0.0615. The first-order valence-electron chi connectivity index (χ1n) is 10.2. The van der Waals surface area contributed by atoms with Crippen LogP contribution in [-0.4, -0.2) is 72.1 Å². The summed E-state index contributed by atoms with van der Waals surface area (Å²) in [7, 11) is 1.60. The number of methoxy groups -OCH3 is 1. The molecule has 10 heteroatoms. The van der Waals surface area contributed by atoms with Crippen molar-refractivity contribution >= 4 is 44.2 Å². The molecule has 1 fully saturated rings. The molecule has 0 saturated carbocycles. The van der Waals surface area contributed by atoms with E-state index in [2.05, 4.69) is 10.00 Å². The van der Waals surface area contributed by atoms with Gasteiger partial charge in [-0.3, -0.25) is 19.3 Å². The molecule has 0 aliphatic carbocycles. The van der Waals surface area contributed by atoms with Gasteiger partial charge in [-0.05, 0) is 32.0 Å². The van der Waals surface area contributed by atoms with E-state index in [0.29, 0.717) is 41.2 Å². The second-order valence-corrected chi connectivity index (χ2v) is 8.89. The molecular weight excluding hydrogens is 438 g/mol. The molecule has 1 aliphatic heterocycles. The Labute approximate surface area is 190 Å². The maximum Gasteiger partial charge on any atom is 0.250 e. The zero-order valence-electron chi connectivity index (χ0n) is 17.9. The average molecular weight is 464 g/mol. The van der Waals surface area contributed by atoms with Crippen LogP contribution in [0.25, 0.3) is 10.2 Å². The number of anilines is 1. The predicted molar refractivity (Wildman–Crippen MR) is 122 cm³/mol. The molecule has 8 nitrogen and oxygen atoms in total. The fourth-order valence-corrected chi connectivity index (χ4v) is 4.96. The van der Waals surface area contributed by atoms with Gasteiger partial charge in [0.25, 0.3) is 5.91 Å². The van der Waals surface area contributed by atoms with Gasteiger partial charge >= 0.3 is 0 Å². The van der Waals surface area contributed by atoms with Crippen LogP contribution in [0.4, 0.5) is 5.13 Å². The summed E-state index contributed by atoms with van der Waals surface area (Å²) in [5.41, 5.74) is 2.51. The quantitative estimate of drug-likeness (QED) is 0.536. The first kappa shape index (κ1) is 22.0. The Hall–Kier alpha value is -2.20. The lowest BCUT2D eigenvalue weighted by molar-refractivity contribution is -0.119. The summed E-state index contributed by atoms with van der Waals surface area (Å²) in [4.78, 5) is 22.2. The van der Waals surface area contributed by atoms with Crippen LogP contribution in [0.2, 0.25) is 5.02 Å². The summed E-state index contributed by atoms with van der Waals surface area (Å²) in [5.74, 6) is 0.578. The van der Waals surface area contributed by atoms with Crippen molar-refractivity contribution in [1.29, 1.82) is 0 Å². The molecular formula is C21H26ClN5O3S. The number of aryl methyl sites for hydroxylation is 2. The van der Waals surface area contributed by atoms with Gasteiger partial charge in [0.15, 0.2) is 5.13 Å². The molecule has 0 radical (unpaired) electrons. The van der Waals surface area contributed by atoms with Crippen molar-refractivity contribution in [2.24, 2.45) is 0 Å². The first-order valence-corrected chi connectivity index (χ1v) is 11.4. The van der Waals surface area contributed by atoms with Gasteiger partial charge in [-0.15, -0.1) is 0 Å². The van der Waals surface area contributed by atoms with Crippen molar-refractivity contribution < 1.29 is 14.3 Å². The lowest BCUT2D eigenvalue weighted by Gasteiger charge is -2.29. The number of carbonyl (C=O) groups is 1. The van der Waals surface area contributed by atoms with Gasteiger partial charge in [0, 0.05) is 31.9 Å². The molecule has 0 spiro atoms. The van der Waals surface area contributed by atoms with Gasteiger partial charge in [-0.1, -0.05) is 22.9 Å². The molecule has 4 rings (SSSR count). The molecule has 3 aromatic rings.